The number of para-hydroxylation sites is 2. The molecule has 8 aromatic carbocycles. The SMILES string of the molecule is c1ccc2cc(-c3cc(-c4ccc5ccccc5c4)nc(-c4ccc(-c5ccc(-n6c7ccccc7c7ccccc76)cc5)cc4)n3)ccc2c1. The highest BCUT2D eigenvalue weighted by molar-refractivity contribution is 6.09. The van der Waals surface area contributed by atoms with Gasteiger partial charge in [0.1, 0.15) is 0 Å². The Labute approximate surface area is 295 Å². The Kier molecular flexibility index (Phi) is 6.81. The summed E-state index contributed by atoms with van der Waals surface area (Å²) >= 11 is 0. The summed E-state index contributed by atoms with van der Waals surface area (Å²) in [7, 11) is 0. The standard InChI is InChI=1S/C48H31N3/c1-3-11-37-29-39(23-19-32(37)9-1)44-31-45(40-24-20-33-10-2-4-12-38(33)30-40)50-48(49-44)36-21-17-34(18-22-36)35-25-27-41(28-26-35)51-46-15-7-5-13-42(46)43-14-6-8-16-47(43)51/h1-31H. The van der Waals surface area contributed by atoms with Crippen molar-refractivity contribution in [3.05, 3.63) is 188 Å². The largest absolute Gasteiger partial charge is 0.309 e. The molecule has 0 saturated carbocycles. The molecule has 3 nitrogen and oxygen atoms in total. The maximum absolute atomic E-state index is 5.15. The topological polar surface area (TPSA) is 30.7 Å². The van der Waals surface area contributed by atoms with Gasteiger partial charge < -0.3 is 4.57 Å². The normalized spacial score (nSPS) is 11.5. The van der Waals surface area contributed by atoms with Crippen LogP contribution in [0.25, 0.3) is 94.1 Å². The number of benzene rings is 8. The van der Waals surface area contributed by atoms with Gasteiger partial charge in [-0.15, -0.1) is 0 Å². The minimum atomic E-state index is 0.706. The van der Waals surface area contributed by atoms with Crippen LogP contribution in [0.5, 0.6) is 0 Å². The lowest BCUT2D eigenvalue weighted by atomic mass is 10.0. The van der Waals surface area contributed by atoms with Crippen LogP contribution in [0.3, 0.4) is 0 Å². The molecule has 2 heterocycles. The zero-order valence-corrected chi connectivity index (χ0v) is 27.7. The summed E-state index contributed by atoms with van der Waals surface area (Å²) in [6.07, 6.45) is 0. The molecule has 0 radical (unpaired) electrons. The minimum absolute atomic E-state index is 0.706. The molecule has 0 unspecified atom stereocenters. The second kappa shape index (κ2) is 11.9. The lowest BCUT2D eigenvalue weighted by molar-refractivity contribution is 1.18. The van der Waals surface area contributed by atoms with E-state index in [0.29, 0.717) is 5.82 Å². The third-order valence-corrected chi connectivity index (χ3v) is 10.00. The maximum atomic E-state index is 5.15. The Balaban J connectivity index is 1.03. The van der Waals surface area contributed by atoms with E-state index in [9.17, 15) is 0 Å². The first kappa shape index (κ1) is 29.1. The van der Waals surface area contributed by atoms with E-state index in [1.807, 2.05) is 0 Å². The van der Waals surface area contributed by atoms with Gasteiger partial charge in [-0.05, 0) is 75.1 Å². The quantitative estimate of drug-likeness (QED) is 0.186. The molecule has 0 aliphatic rings. The molecule has 238 valence electrons. The minimum Gasteiger partial charge on any atom is -0.309 e. The highest BCUT2D eigenvalue weighted by atomic mass is 15.0. The average molecular weight is 650 g/mol. The number of rotatable bonds is 5. The van der Waals surface area contributed by atoms with E-state index in [-0.39, 0.29) is 0 Å². The Bertz CT molecular complexity index is 2750. The van der Waals surface area contributed by atoms with Crippen LogP contribution < -0.4 is 0 Å². The summed E-state index contributed by atoms with van der Waals surface area (Å²) in [4.78, 5) is 10.3. The zero-order chi connectivity index (χ0) is 33.7. The van der Waals surface area contributed by atoms with Gasteiger partial charge in [-0.3, -0.25) is 0 Å². The van der Waals surface area contributed by atoms with Crippen LogP contribution in [-0.4, -0.2) is 14.5 Å². The van der Waals surface area contributed by atoms with E-state index in [2.05, 4.69) is 193 Å². The van der Waals surface area contributed by atoms with Crippen LogP contribution in [0.4, 0.5) is 0 Å². The molecule has 10 aromatic rings. The third kappa shape index (κ3) is 5.15. The van der Waals surface area contributed by atoms with Crippen molar-refractivity contribution in [1.29, 1.82) is 0 Å². The Hall–Kier alpha value is -6.84. The van der Waals surface area contributed by atoms with Crippen LogP contribution in [0.1, 0.15) is 0 Å². The molecular formula is C48H31N3. The van der Waals surface area contributed by atoms with Gasteiger partial charge in [0.05, 0.1) is 22.4 Å². The van der Waals surface area contributed by atoms with Gasteiger partial charge in [0, 0.05) is 33.2 Å². The monoisotopic (exact) mass is 649 g/mol. The molecule has 0 amide bonds. The number of aromatic nitrogens is 3. The highest BCUT2D eigenvalue weighted by Crippen LogP contribution is 2.34. The van der Waals surface area contributed by atoms with E-state index >= 15 is 0 Å². The molecule has 0 N–H and O–H groups in total. The van der Waals surface area contributed by atoms with Crippen molar-refractivity contribution in [1.82, 2.24) is 14.5 Å². The fourth-order valence-electron chi connectivity index (χ4n) is 7.38. The van der Waals surface area contributed by atoms with Gasteiger partial charge in [-0.1, -0.05) is 146 Å². The summed E-state index contributed by atoms with van der Waals surface area (Å²) in [5.41, 5.74) is 10.8. The number of fused-ring (bicyclic) bond motifs is 5. The van der Waals surface area contributed by atoms with Crippen molar-refractivity contribution in [3.8, 4) is 50.7 Å². The Morgan fingerprint density at radius 2 is 0.725 bits per heavy atom. The van der Waals surface area contributed by atoms with E-state index in [0.717, 1.165) is 44.9 Å². The van der Waals surface area contributed by atoms with Gasteiger partial charge in [0.15, 0.2) is 5.82 Å². The third-order valence-electron chi connectivity index (χ3n) is 10.00. The van der Waals surface area contributed by atoms with Gasteiger partial charge >= 0.3 is 0 Å². The molecule has 0 saturated heterocycles. The Morgan fingerprint density at radius 1 is 0.314 bits per heavy atom. The number of nitrogens with zero attached hydrogens (tertiary/aromatic N) is 3. The fraction of sp³-hybridized carbons (Fsp3) is 0. The van der Waals surface area contributed by atoms with Crippen LogP contribution >= 0.6 is 0 Å². The first-order chi connectivity index (χ1) is 25.2. The predicted molar refractivity (Wildman–Crippen MR) is 213 cm³/mol. The van der Waals surface area contributed by atoms with Crippen molar-refractivity contribution in [2.75, 3.05) is 0 Å². The van der Waals surface area contributed by atoms with Crippen LogP contribution in [0, 0.1) is 0 Å². The number of hydrogen-bond acceptors (Lipinski definition) is 2. The average Bonchev–Trinajstić information content (AvgIpc) is 3.55. The van der Waals surface area contributed by atoms with Crippen molar-refractivity contribution in [2.24, 2.45) is 0 Å². The van der Waals surface area contributed by atoms with Crippen molar-refractivity contribution in [2.45, 2.75) is 0 Å². The lowest BCUT2D eigenvalue weighted by Crippen LogP contribution is -1.96. The van der Waals surface area contributed by atoms with Crippen molar-refractivity contribution >= 4 is 43.4 Å². The van der Waals surface area contributed by atoms with Crippen LogP contribution in [0.2, 0.25) is 0 Å². The molecule has 0 aliphatic heterocycles. The molecule has 0 bridgehead atoms. The van der Waals surface area contributed by atoms with Gasteiger partial charge in [0.2, 0.25) is 0 Å². The first-order valence-electron chi connectivity index (χ1n) is 17.3. The summed E-state index contributed by atoms with van der Waals surface area (Å²) in [6, 6.07) is 66.8. The Morgan fingerprint density at radius 3 is 1.25 bits per heavy atom. The predicted octanol–water partition coefficient (Wildman–Crippen LogP) is 12.5. The second-order valence-electron chi connectivity index (χ2n) is 13.1. The molecule has 0 spiro atoms. The van der Waals surface area contributed by atoms with E-state index in [4.69, 9.17) is 9.97 Å². The van der Waals surface area contributed by atoms with E-state index < -0.39 is 0 Å². The van der Waals surface area contributed by atoms with Crippen LogP contribution in [0.15, 0.2) is 188 Å². The van der Waals surface area contributed by atoms with Crippen molar-refractivity contribution < 1.29 is 0 Å². The summed E-state index contributed by atoms with van der Waals surface area (Å²) in [5.74, 6) is 0.706. The maximum Gasteiger partial charge on any atom is 0.160 e. The van der Waals surface area contributed by atoms with Crippen LogP contribution in [-0.2, 0) is 0 Å². The van der Waals surface area contributed by atoms with Crippen molar-refractivity contribution in [3.63, 3.8) is 0 Å². The van der Waals surface area contributed by atoms with Gasteiger partial charge in [-0.25, -0.2) is 9.97 Å². The highest BCUT2D eigenvalue weighted by Gasteiger charge is 2.14. The fourth-order valence-corrected chi connectivity index (χ4v) is 7.38. The summed E-state index contributed by atoms with van der Waals surface area (Å²) in [6.45, 7) is 0. The molecule has 2 aromatic heterocycles. The molecule has 51 heavy (non-hydrogen) atoms. The van der Waals surface area contributed by atoms with Gasteiger partial charge in [0.25, 0.3) is 0 Å². The summed E-state index contributed by atoms with van der Waals surface area (Å²) < 4.78 is 2.35. The molecule has 0 atom stereocenters. The van der Waals surface area contributed by atoms with Gasteiger partial charge in [-0.2, -0.15) is 0 Å². The lowest BCUT2D eigenvalue weighted by Gasteiger charge is -2.12. The second-order valence-corrected chi connectivity index (χ2v) is 13.1. The first-order valence-corrected chi connectivity index (χ1v) is 17.3. The molecule has 3 heteroatoms. The summed E-state index contributed by atoms with van der Waals surface area (Å²) in [5, 5.41) is 7.34. The number of hydrogen-bond donors (Lipinski definition) is 0. The zero-order valence-electron chi connectivity index (χ0n) is 27.7. The van der Waals surface area contributed by atoms with E-state index in [1.54, 1.807) is 0 Å². The molecule has 10 rings (SSSR count). The molecule has 0 aliphatic carbocycles. The smallest absolute Gasteiger partial charge is 0.160 e. The van der Waals surface area contributed by atoms with E-state index in [1.165, 1.54) is 43.4 Å². The molecule has 0 fully saturated rings. The molecular weight excluding hydrogens is 619 g/mol.